The number of hydrogen-bond acceptors (Lipinski definition) is 3. The minimum absolute atomic E-state index is 0.00473. The number of carbonyl (C=O) groups excluding carboxylic acids is 1. The number of amides is 1. The van der Waals surface area contributed by atoms with Crippen LogP contribution in [0.1, 0.15) is 36.5 Å². The topological polar surface area (TPSA) is 41.6 Å². The molecule has 0 aromatic heterocycles. The lowest BCUT2D eigenvalue weighted by Gasteiger charge is -2.13. The van der Waals surface area contributed by atoms with Gasteiger partial charge in [0.25, 0.3) is 5.91 Å². The van der Waals surface area contributed by atoms with Gasteiger partial charge in [-0.05, 0) is 68.2 Å². The average Bonchev–Trinajstić information content (AvgIpc) is 2.60. The Labute approximate surface area is 157 Å². The van der Waals surface area contributed by atoms with Crippen LogP contribution in [0.2, 0.25) is 0 Å². The molecule has 2 aromatic carbocycles. The highest BCUT2D eigenvalue weighted by molar-refractivity contribution is 5.91. The fourth-order valence-electron chi connectivity index (χ4n) is 2.58. The van der Waals surface area contributed by atoms with Gasteiger partial charge in [0.05, 0.1) is 0 Å². The molecule has 0 unspecified atom stereocenters. The Bertz CT molecular complexity index is 721. The molecule has 4 heteroatoms. The van der Waals surface area contributed by atoms with Crippen molar-refractivity contribution < 1.29 is 9.53 Å². The largest absolute Gasteiger partial charge is 0.483 e. The van der Waals surface area contributed by atoms with Crippen molar-refractivity contribution in [3.05, 3.63) is 59.2 Å². The van der Waals surface area contributed by atoms with E-state index in [4.69, 9.17) is 4.74 Å². The number of aryl methyl sites for hydroxylation is 1. The molecular weight excluding hydrogens is 324 g/mol. The summed E-state index contributed by atoms with van der Waals surface area (Å²) in [6.45, 7) is 7.29. The number of carbonyl (C=O) groups is 1. The van der Waals surface area contributed by atoms with Gasteiger partial charge in [-0.3, -0.25) is 4.79 Å². The van der Waals surface area contributed by atoms with Crippen LogP contribution in [-0.2, 0) is 11.2 Å². The summed E-state index contributed by atoms with van der Waals surface area (Å²) in [7, 11) is 4.13. The summed E-state index contributed by atoms with van der Waals surface area (Å²) in [6, 6.07) is 14.1. The molecule has 0 atom stereocenters. The van der Waals surface area contributed by atoms with E-state index >= 15 is 0 Å². The predicted molar refractivity (Wildman–Crippen MR) is 108 cm³/mol. The molecule has 0 spiro atoms. The van der Waals surface area contributed by atoms with Crippen LogP contribution in [0.5, 0.6) is 5.75 Å². The smallest absolute Gasteiger partial charge is 0.262 e. The fourth-order valence-corrected chi connectivity index (χ4v) is 2.58. The molecule has 0 aliphatic heterocycles. The number of nitrogens with zero attached hydrogens (tertiary/aromatic N) is 1. The Hall–Kier alpha value is -2.33. The maximum Gasteiger partial charge on any atom is 0.262 e. The normalized spacial score (nSPS) is 11.0. The molecule has 1 N–H and O–H groups in total. The minimum atomic E-state index is -0.152. The molecule has 0 heterocycles. The van der Waals surface area contributed by atoms with Crippen LogP contribution in [0.3, 0.4) is 0 Å². The number of likely N-dealkylation sites (N-methyl/N-ethyl adjacent to an activating group) is 1. The van der Waals surface area contributed by atoms with Crippen LogP contribution in [0.4, 0.5) is 5.69 Å². The monoisotopic (exact) mass is 354 g/mol. The Kier molecular flexibility index (Phi) is 7.22. The zero-order valence-corrected chi connectivity index (χ0v) is 16.5. The first kappa shape index (κ1) is 20.0. The number of anilines is 1. The average molecular weight is 354 g/mol. The number of ether oxygens (including phenoxy) is 1. The van der Waals surface area contributed by atoms with E-state index in [2.05, 4.69) is 56.4 Å². The van der Waals surface area contributed by atoms with Gasteiger partial charge in [0, 0.05) is 12.2 Å². The van der Waals surface area contributed by atoms with E-state index in [9.17, 15) is 4.79 Å². The van der Waals surface area contributed by atoms with Crippen LogP contribution in [0.25, 0.3) is 0 Å². The van der Waals surface area contributed by atoms with E-state index in [1.165, 1.54) is 11.1 Å². The summed E-state index contributed by atoms with van der Waals surface area (Å²) >= 11 is 0. The lowest BCUT2D eigenvalue weighted by Crippen LogP contribution is -2.20. The highest BCUT2D eigenvalue weighted by atomic mass is 16.5. The quantitative estimate of drug-likeness (QED) is 0.771. The third-order valence-corrected chi connectivity index (χ3v) is 4.32. The van der Waals surface area contributed by atoms with E-state index in [1.807, 2.05) is 31.2 Å². The highest BCUT2D eigenvalue weighted by Crippen LogP contribution is 2.24. The lowest BCUT2D eigenvalue weighted by atomic mass is 10.0. The molecule has 0 saturated heterocycles. The van der Waals surface area contributed by atoms with Gasteiger partial charge in [0.1, 0.15) is 5.75 Å². The van der Waals surface area contributed by atoms with E-state index in [-0.39, 0.29) is 12.5 Å². The maximum atomic E-state index is 12.2. The van der Waals surface area contributed by atoms with Crippen LogP contribution < -0.4 is 10.1 Å². The van der Waals surface area contributed by atoms with Crippen molar-refractivity contribution in [2.45, 2.75) is 33.1 Å². The van der Waals surface area contributed by atoms with Crippen molar-refractivity contribution in [2.75, 3.05) is 32.6 Å². The van der Waals surface area contributed by atoms with Gasteiger partial charge in [-0.2, -0.15) is 0 Å². The first-order chi connectivity index (χ1) is 12.3. The van der Waals surface area contributed by atoms with Crippen molar-refractivity contribution >= 4 is 11.6 Å². The van der Waals surface area contributed by atoms with Crippen LogP contribution in [0, 0.1) is 6.92 Å². The number of rotatable bonds is 8. The third-order valence-electron chi connectivity index (χ3n) is 4.32. The number of hydrogen-bond donors (Lipinski definition) is 1. The van der Waals surface area contributed by atoms with Gasteiger partial charge in [-0.25, -0.2) is 0 Å². The van der Waals surface area contributed by atoms with Crippen molar-refractivity contribution in [2.24, 2.45) is 0 Å². The maximum absolute atomic E-state index is 12.2. The van der Waals surface area contributed by atoms with Gasteiger partial charge in [0.2, 0.25) is 0 Å². The summed E-state index contributed by atoms with van der Waals surface area (Å²) in [5, 5.41) is 2.89. The molecule has 0 fully saturated rings. The van der Waals surface area contributed by atoms with E-state index in [1.54, 1.807) is 0 Å². The zero-order valence-electron chi connectivity index (χ0n) is 16.5. The molecular formula is C22H30N2O2. The Morgan fingerprint density at radius 2 is 1.81 bits per heavy atom. The van der Waals surface area contributed by atoms with Crippen molar-refractivity contribution in [1.82, 2.24) is 4.90 Å². The van der Waals surface area contributed by atoms with Crippen molar-refractivity contribution in [3.8, 4) is 5.75 Å². The predicted octanol–water partition coefficient (Wildman–Crippen LogP) is 4.24. The molecule has 0 radical (unpaired) electrons. The van der Waals surface area contributed by atoms with Crippen molar-refractivity contribution in [3.63, 3.8) is 0 Å². The van der Waals surface area contributed by atoms with E-state index < -0.39 is 0 Å². The molecule has 0 bridgehead atoms. The number of nitrogens with one attached hydrogen (secondary N) is 1. The second-order valence-corrected chi connectivity index (χ2v) is 7.27. The second kappa shape index (κ2) is 9.39. The van der Waals surface area contributed by atoms with Gasteiger partial charge in [0.15, 0.2) is 6.61 Å². The van der Waals surface area contributed by atoms with Crippen molar-refractivity contribution in [1.29, 1.82) is 0 Å². The van der Waals surface area contributed by atoms with Gasteiger partial charge >= 0.3 is 0 Å². The summed E-state index contributed by atoms with van der Waals surface area (Å²) < 4.78 is 5.73. The lowest BCUT2D eigenvalue weighted by molar-refractivity contribution is -0.118. The van der Waals surface area contributed by atoms with Gasteiger partial charge < -0.3 is 15.0 Å². The van der Waals surface area contributed by atoms with E-state index in [0.29, 0.717) is 5.92 Å². The summed E-state index contributed by atoms with van der Waals surface area (Å²) in [5.41, 5.74) is 4.29. The van der Waals surface area contributed by atoms with Crippen LogP contribution in [0.15, 0.2) is 42.5 Å². The second-order valence-electron chi connectivity index (χ2n) is 7.27. The molecule has 2 rings (SSSR count). The molecule has 0 saturated carbocycles. The minimum Gasteiger partial charge on any atom is -0.483 e. The third kappa shape index (κ3) is 6.19. The molecule has 4 nitrogen and oxygen atoms in total. The standard InChI is InChI=1S/C22H30N2O2/c1-16(2)19-9-6-17(3)21(14-19)26-15-22(25)23-20-10-7-18(8-11-20)12-13-24(4)5/h6-11,14,16H,12-13,15H2,1-5H3,(H,23,25). The molecule has 2 aromatic rings. The highest BCUT2D eigenvalue weighted by Gasteiger charge is 2.08. The van der Waals surface area contributed by atoms with E-state index in [0.717, 1.165) is 30.0 Å². The Morgan fingerprint density at radius 3 is 2.42 bits per heavy atom. The van der Waals surface area contributed by atoms with Gasteiger partial charge in [-0.1, -0.05) is 38.1 Å². The Morgan fingerprint density at radius 1 is 1.12 bits per heavy atom. The van der Waals surface area contributed by atoms with Gasteiger partial charge in [-0.15, -0.1) is 0 Å². The van der Waals surface area contributed by atoms with Crippen LogP contribution >= 0.6 is 0 Å². The molecule has 26 heavy (non-hydrogen) atoms. The summed E-state index contributed by atoms with van der Waals surface area (Å²) in [5.74, 6) is 1.04. The fraction of sp³-hybridized carbons (Fsp3) is 0.409. The molecule has 0 aliphatic rings. The molecule has 0 aliphatic carbocycles. The zero-order chi connectivity index (χ0) is 19.1. The molecule has 1 amide bonds. The molecule has 140 valence electrons. The summed E-state index contributed by atoms with van der Waals surface area (Å²) in [6.07, 6.45) is 0.996. The first-order valence-corrected chi connectivity index (χ1v) is 9.12. The Balaban J connectivity index is 1.88. The first-order valence-electron chi connectivity index (χ1n) is 9.12. The number of benzene rings is 2. The van der Waals surface area contributed by atoms with Crippen LogP contribution in [-0.4, -0.2) is 38.1 Å². The SMILES string of the molecule is Cc1ccc(C(C)C)cc1OCC(=O)Nc1ccc(CCN(C)C)cc1. The summed E-state index contributed by atoms with van der Waals surface area (Å²) in [4.78, 5) is 14.3.